The second-order valence-electron chi connectivity index (χ2n) is 12.5. The fraction of sp³-hybridized carbons (Fsp3) is 0.455. The van der Waals surface area contributed by atoms with Crippen molar-refractivity contribution in [3.05, 3.63) is 55.1 Å². The monoisotopic (exact) mass is 724 g/mol. The van der Waals surface area contributed by atoms with Crippen molar-refractivity contribution < 1.29 is 51.7 Å². The first-order valence-corrected chi connectivity index (χ1v) is 18.2. The molecular weight excluding hydrogens is 687 g/mol. The van der Waals surface area contributed by atoms with Crippen LogP contribution < -0.4 is 14.9 Å². The number of hydrogen-bond donors (Lipinski definition) is 2. The van der Waals surface area contributed by atoms with E-state index in [4.69, 9.17) is 28.0 Å². The minimum Gasteiger partial charge on any atom is -0.461 e. The number of nitrogens with one attached hydrogen (secondary N) is 2. The first-order chi connectivity index (χ1) is 24.6. The van der Waals surface area contributed by atoms with Crippen LogP contribution in [0.25, 0.3) is 21.9 Å². The van der Waals surface area contributed by atoms with Gasteiger partial charge in [-0.25, -0.2) is 29.1 Å². The molecule has 2 saturated heterocycles. The summed E-state index contributed by atoms with van der Waals surface area (Å²) in [6.07, 6.45) is 0.0903. The summed E-state index contributed by atoms with van der Waals surface area (Å²) < 4.78 is 56.4. The molecule has 17 nitrogen and oxygen atoms in total. The molecule has 0 radical (unpaired) electrons. The summed E-state index contributed by atoms with van der Waals surface area (Å²) in [7, 11) is -3.20. The zero-order chi connectivity index (χ0) is 35.7. The molecule has 2 aliphatic heterocycles. The maximum Gasteiger partial charge on any atom is 0.509 e. The van der Waals surface area contributed by atoms with Gasteiger partial charge in [-0.1, -0.05) is 42.8 Å². The van der Waals surface area contributed by atoms with Crippen LogP contribution in [-0.4, -0.2) is 81.4 Å². The van der Waals surface area contributed by atoms with Gasteiger partial charge in [0.25, 0.3) is 0 Å². The number of methoxy groups -OCH3 is 1. The number of aromatic nitrogens is 4. The highest BCUT2D eigenvalue weighted by Crippen LogP contribution is 2.50. The van der Waals surface area contributed by atoms with E-state index in [1.165, 1.54) is 31.3 Å². The van der Waals surface area contributed by atoms with Crippen molar-refractivity contribution in [1.82, 2.24) is 24.6 Å². The highest BCUT2D eigenvalue weighted by molar-refractivity contribution is 7.52. The van der Waals surface area contributed by atoms with Crippen LogP contribution in [0.3, 0.4) is 0 Å². The maximum absolute atomic E-state index is 14.8. The van der Waals surface area contributed by atoms with Crippen molar-refractivity contribution in [3.8, 4) is 5.75 Å². The molecule has 0 bridgehead atoms. The molecular formula is C33H37N6O11P. The predicted molar refractivity (Wildman–Crippen MR) is 179 cm³/mol. The van der Waals surface area contributed by atoms with Crippen molar-refractivity contribution in [2.75, 3.05) is 12.4 Å². The topological polar surface area (TPSA) is 201 Å². The normalized spacial score (nSPS) is 24.2. The zero-order valence-corrected chi connectivity index (χ0v) is 28.9. The Balaban J connectivity index is 1.16. The van der Waals surface area contributed by atoms with Gasteiger partial charge in [0.2, 0.25) is 0 Å². The number of carbonyl (C=O) groups is 3. The van der Waals surface area contributed by atoms with E-state index in [9.17, 15) is 18.9 Å². The molecule has 4 aromatic rings. The lowest BCUT2D eigenvalue weighted by molar-refractivity contribution is -0.152. The number of fused-ring (bicyclic) bond motifs is 3. The van der Waals surface area contributed by atoms with Crippen LogP contribution in [-0.2, 0) is 37.6 Å². The van der Waals surface area contributed by atoms with Crippen LogP contribution in [0.1, 0.15) is 52.2 Å². The van der Waals surface area contributed by atoms with Gasteiger partial charge in [0, 0.05) is 5.39 Å². The third-order valence-corrected chi connectivity index (χ3v) is 10.8. The Morgan fingerprint density at radius 2 is 1.76 bits per heavy atom. The molecule has 4 heterocycles. The number of ether oxygens (including phenoxy) is 5. The smallest absolute Gasteiger partial charge is 0.461 e. The van der Waals surface area contributed by atoms with Crippen LogP contribution in [0.2, 0.25) is 0 Å². The van der Waals surface area contributed by atoms with Crippen LogP contribution >= 0.6 is 7.75 Å². The number of esters is 1. The molecule has 7 atom stereocenters. The summed E-state index contributed by atoms with van der Waals surface area (Å²) in [6, 6.07) is 11.6. The molecule has 7 rings (SSSR count). The Labute approximate surface area is 291 Å². The molecule has 3 aliphatic rings. The van der Waals surface area contributed by atoms with E-state index in [0.717, 1.165) is 37.5 Å². The average Bonchev–Trinajstić information content (AvgIpc) is 3.82. The first-order valence-electron chi connectivity index (χ1n) is 16.6. The summed E-state index contributed by atoms with van der Waals surface area (Å²) in [5.41, 5.74) is 0.460. The Morgan fingerprint density at radius 3 is 2.57 bits per heavy atom. The van der Waals surface area contributed by atoms with E-state index < -0.39 is 62.7 Å². The van der Waals surface area contributed by atoms with Crippen molar-refractivity contribution >= 4 is 53.7 Å². The van der Waals surface area contributed by atoms with Crippen LogP contribution in [0.15, 0.2) is 55.1 Å². The molecule has 1 aliphatic carbocycles. The molecule has 2 aromatic heterocycles. The predicted octanol–water partition coefficient (Wildman–Crippen LogP) is 5.41. The number of imidazole rings is 1. The Bertz CT molecular complexity index is 1980. The number of rotatable bonds is 11. The van der Waals surface area contributed by atoms with Gasteiger partial charge in [0.15, 0.2) is 35.4 Å². The van der Waals surface area contributed by atoms with Gasteiger partial charge in [-0.15, -0.1) is 0 Å². The van der Waals surface area contributed by atoms with E-state index in [2.05, 4.69) is 30.1 Å². The molecule has 18 heteroatoms. The van der Waals surface area contributed by atoms with Crippen molar-refractivity contribution in [2.24, 2.45) is 0 Å². The van der Waals surface area contributed by atoms with Gasteiger partial charge >= 0.3 is 26.0 Å². The minimum absolute atomic E-state index is 0.0850. The molecule has 7 unspecified atom stereocenters. The molecule has 270 valence electrons. The number of benzene rings is 2. The van der Waals surface area contributed by atoms with E-state index >= 15 is 0 Å². The molecule has 3 fully saturated rings. The van der Waals surface area contributed by atoms with Gasteiger partial charge in [-0.2, -0.15) is 5.09 Å². The Morgan fingerprint density at radius 1 is 1.00 bits per heavy atom. The Hall–Kier alpha value is -4.83. The third-order valence-electron chi connectivity index (χ3n) is 9.00. The van der Waals surface area contributed by atoms with E-state index in [1.54, 1.807) is 19.1 Å². The fourth-order valence-electron chi connectivity index (χ4n) is 6.55. The maximum atomic E-state index is 14.8. The number of amides is 1. The largest absolute Gasteiger partial charge is 0.509 e. The Kier molecular flexibility index (Phi) is 9.79. The van der Waals surface area contributed by atoms with E-state index in [-0.39, 0.29) is 28.8 Å². The second kappa shape index (κ2) is 14.4. The molecule has 1 saturated carbocycles. The molecule has 0 spiro atoms. The zero-order valence-electron chi connectivity index (χ0n) is 28.0. The standard InChI is InChI=1S/C33H37N6O11P/c1-18(31(40)45-21-12-5-4-6-13-21)38-51(43,50-23-15-9-11-20-10-7-8-14-22(20)23)49-19(2)25-26-27(48-33(42)47-26)30(46-25)39-17-36-24-28(37-32(41)44-3)34-16-35-29(24)39/h7-11,14-19,21,25-27,30H,4-6,12-13H2,1-3H3,(H,38,43)(H,34,35,37,41). The van der Waals surface area contributed by atoms with E-state index in [1.807, 2.05) is 30.3 Å². The summed E-state index contributed by atoms with van der Waals surface area (Å²) >= 11 is 0. The van der Waals surface area contributed by atoms with Gasteiger partial charge < -0.3 is 28.2 Å². The molecule has 2 aromatic carbocycles. The number of hydrogen-bond acceptors (Lipinski definition) is 14. The van der Waals surface area contributed by atoms with Crippen molar-refractivity contribution in [1.29, 1.82) is 0 Å². The number of nitrogens with zero attached hydrogens (tertiary/aromatic N) is 4. The quantitative estimate of drug-likeness (QED) is 0.113. The van der Waals surface area contributed by atoms with Crippen LogP contribution in [0.4, 0.5) is 15.4 Å². The average molecular weight is 725 g/mol. The summed E-state index contributed by atoms with van der Waals surface area (Å²) in [5.74, 6) is -0.254. The first kappa shape index (κ1) is 34.6. The van der Waals surface area contributed by atoms with Crippen molar-refractivity contribution in [3.63, 3.8) is 0 Å². The summed E-state index contributed by atoms with van der Waals surface area (Å²) in [5, 5.41) is 6.75. The molecule has 1 amide bonds. The van der Waals surface area contributed by atoms with Gasteiger partial charge in [0.05, 0.1) is 19.5 Å². The second-order valence-corrected chi connectivity index (χ2v) is 14.1. The van der Waals surface area contributed by atoms with Gasteiger partial charge in [0.1, 0.15) is 30.3 Å². The lowest BCUT2D eigenvalue weighted by atomic mass is 9.98. The van der Waals surface area contributed by atoms with Crippen LogP contribution in [0, 0.1) is 0 Å². The SMILES string of the molecule is COC(=O)Nc1ncnc2c1ncn2C1OC(C(C)OP(=O)(NC(C)C(=O)OC2CCCCC2)Oc2cccc3ccccc23)C2OC(=O)OC21. The lowest BCUT2D eigenvalue weighted by Gasteiger charge is -2.30. The molecule has 2 N–H and O–H groups in total. The van der Waals surface area contributed by atoms with Crippen molar-refractivity contribution in [2.45, 2.75) is 88.7 Å². The third kappa shape index (κ3) is 7.19. The van der Waals surface area contributed by atoms with Gasteiger partial charge in [-0.05, 0) is 51.0 Å². The minimum atomic E-state index is -4.42. The number of anilines is 1. The number of carbonyl (C=O) groups excluding carboxylic acids is 3. The summed E-state index contributed by atoms with van der Waals surface area (Å²) in [6.45, 7) is 3.10. The molecule has 51 heavy (non-hydrogen) atoms. The highest BCUT2D eigenvalue weighted by atomic mass is 31.2. The van der Waals surface area contributed by atoms with Gasteiger partial charge in [-0.3, -0.25) is 19.2 Å². The lowest BCUT2D eigenvalue weighted by Crippen LogP contribution is -2.41. The highest BCUT2D eigenvalue weighted by Gasteiger charge is 2.58. The fourth-order valence-corrected chi connectivity index (χ4v) is 8.27. The summed E-state index contributed by atoms with van der Waals surface area (Å²) in [4.78, 5) is 50.2. The van der Waals surface area contributed by atoms with Crippen LogP contribution in [0.5, 0.6) is 5.75 Å². The van der Waals surface area contributed by atoms with E-state index in [0.29, 0.717) is 5.39 Å².